The molecule has 0 aliphatic rings. The first-order valence-corrected chi connectivity index (χ1v) is 6.09. The Morgan fingerprint density at radius 2 is 2.00 bits per heavy atom. The molecule has 1 aromatic carbocycles. The van der Waals surface area contributed by atoms with Gasteiger partial charge < -0.3 is 5.11 Å². The van der Waals surface area contributed by atoms with Crippen molar-refractivity contribution in [3.05, 3.63) is 35.1 Å². The molecule has 1 rings (SSSR count). The molecule has 0 amide bonds. The molecule has 1 nitrogen and oxygen atoms in total. The van der Waals surface area contributed by atoms with Crippen molar-refractivity contribution in [2.24, 2.45) is 0 Å². The van der Waals surface area contributed by atoms with Crippen LogP contribution < -0.4 is 0 Å². The van der Waals surface area contributed by atoms with Crippen LogP contribution in [0.25, 0.3) is 0 Å². The lowest BCUT2D eigenvalue weighted by Crippen LogP contribution is -2.01. The summed E-state index contributed by atoms with van der Waals surface area (Å²) in [7, 11) is 0. The van der Waals surface area contributed by atoms with E-state index in [-0.39, 0.29) is 5.82 Å². The highest BCUT2D eigenvalue weighted by molar-refractivity contribution is 5.25. The maximum atomic E-state index is 13.5. The monoisotopic (exact) mass is 224 g/mol. The molecule has 1 atom stereocenters. The molecule has 0 aliphatic carbocycles. The minimum absolute atomic E-state index is 0.289. The van der Waals surface area contributed by atoms with Gasteiger partial charge in [0.2, 0.25) is 0 Å². The van der Waals surface area contributed by atoms with Gasteiger partial charge in [0.25, 0.3) is 0 Å². The Balaban J connectivity index is 2.49. The van der Waals surface area contributed by atoms with E-state index >= 15 is 0 Å². The van der Waals surface area contributed by atoms with Crippen LogP contribution in [0.15, 0.2) is 18.2 Å². The number of aliphatic hydroxyl groups is 1. The Labute approximate surface area is 97.3 Å². The molecule has 1 aromatic rings. The summed E-state index contributed by atoms with van der Waals surface area (Å²) in [6.45, 7) is 4.00. The first-order valence-electron chi connectivity index (χ1n) is 6.09. The molecule has 0 spiro atoms. The van der Waals surface area contributed by atoms with Gasteiger partial charge in [-0.3, -0.25) is 0 Å². The molecular weight excluding hydrogens is 203 g/mol. The van der Waals surface area contributed by atoms with Gasteiger partial charge in [0.15, 0.2) is 0 Å². The zero-order chi connectivity index (χ0) is 12.0. The zero-order valence-corrected chi connectivity index (χ0v) is 10.2. The molecule has 1 unspecified atom stereocenters. The lowest BCUT2D eigenvalue weighted by atomic mass is 10.0. The zero-order valence-electron chi connectivity index (χ0n) is 10.2. The standard InChI is InChI=1S/C14H21FO/c1-3-4-5-6-7-14(16)12-9-8-11(2)10-13(12)15/h8-10,14,16H,3-7H2,1-2H3. The first-order chi connectivity index (χ1) is 7.65. The van der Waals surface area contributed by atoms with Crippen molar-refractivity contribution in [1.29, 1.82) is 0 Å². The number of hydrogen-bond acceptors (Lipinski definition) is 1. The Bertz CT molecular complexity index is 323. The first kappa shape index (κ1) is 13.2. The van der Waals surface area contributed by atoms with Crippen LogP contribution in [0.5, 0.6) is 0 Å². The number of aryl methyl sites for hydroxylation is 1. The Hall–Kier alpha value is -0.890. The molecule has 0 saturated heterocycles. The molecule has 0 heterocycles. The summed E-state index contributed by atoms with van der Waals surface area (Å²) in [5, 5.41) is 9.85. The molecule has 90 valence electrons. The van der Waals surface area contributed by atoms with Crippen LogP contribution in [-0.4, -0.2) is 5.11 Å². The highest BCUT2D eigenvalue weighted by Crippen LogP contribution is 2.23. The van der Waals surface area contributed by atoms with Gasteiger partial charge in [0, 0.05) is 5.56 Å². The van der Waals surface area contributed by atoms with E-state index in [4.69, 9.17) is 0 Å². The van der Waals surface area contributed by atoms with Gasteiger partial charge in [0.05, 0.1) is 6.10 Å². The van der Waals surface area contributed by atoms with Crippen molar-refractivity contribution in [3.63, 3.8) is 0 Å². The molecule has 0 fully saturated rings. The van der Waals surface area contributed by atoms with Crippen LogP contribution in [0.1, 0.15) is 56.3 Å². The topological polar surface area (TPSA) is 20.2 Å². The number of aliphatic hydroxyl groups excluding tert-OH is 1. The Morgan fingerprint density at radius 3 is 2.62 bits per heavy atom. The lowest BCUT2D eigenvalue weighted by molar-refractivity contribution is 0.159. The van der Waals surface area contributed by atoms with Gasteiger partial charge in [-0.2, -0.15) is 0 Å². The fraction of sp³-hybridized carbons (Fsp3) is 0.571. The maximum absolute atomic E-state index is 13.5. The summed E-state index contributed by atoms with van der Waals surface area (Å²) < 4.78 is 13.5. The fourth-order valence-corrected chi connectivity index (χ4v) is 1.82. The smallest absolute Gasteiger partial charge is 0.129 e. The van der Waals surface area contributed by atoms with Gasteiger partial charge in [-0.05, 0) is 25.0 Å². The van der Waals surface area contributed by atoms with Crippen LogP contribution in [-0.2, 0) is 0 Å². The van der Waals surface area contributed by atoms with E-state index in [1.54, 1.807) is 6.07 Å². The van der Waals surface area contributed by atoms with E-state index in [1.165, 1.54) is 18.9 Å². The normalized spacial score (nSPS) is 12.8. The quantitative estimate of drug-likeness (QED) is 0.720. The molecule has 1 N–H and O–H groups in total. The summed E-state index contributed by atoms with van der Waals surface area (Å²) in [5.41, 5.74) is 1.32. The van der Waals surface area contributed by atoms with Gasteiger partial charge in [-0.15, -0.1) is 0 Å². The molecular formula is C14H21FO. The van der Waals surface area contributed by atoms with E-state index in [2.05, 4.69) is 6.92 Å². The van der Waals surface area contributed by atoms with Crippen LogP contribution in [0.4, 0.5) is 4.39 Å². The SMILES string of the molecule is CCCCCCC(O)c1ccc(C)cc1F. The third-order valence-corrected chi connectivity index (χ3v) is 2.85. The number of unbranched alkanes of at least 4 members (excludes halogenated alkanes) is 3. The average molecular weight is 224 g/mol. The summed E-state index contributed by atoms with van der Waals surface area (Å²) >= 11 is 0. The predicted molar refractivity (Wildman–Crippen MR) is 64.9 cm³/mol. The van der Waals surface area contributed by atoms with Gasteiger partial charge in [-0.1, -0.05) is 44.7 Å². The highest BCUT2D eigenvalue weighted by Gasteiger charge is 2.11. The van der Waals surface area contributed by atoms with Crippen molar-refractivity contribution in [2.45, 2.75) is 52.1 Å². The minimum atomic E-state index is -0.655. The lowest BCUT2D eigenvalue weighted by Gasteiger charge is -2.12. The molecule has 0 aromatic heterocycles. The van der Waals surface area contributed by atoms with Crippen molar-refractivity contribution >= 4 is 0 Å². The van der Waals surface area contributed by atoms with Crippen LogP contribution in [0.2, 0.25) is 0 Å². The van der Waals surface area contributed by atoms with Gasteiger partial charge >= 0.3 is 0 Å². The molecule has 0 aliphatic heterocycles. The van der Waals surface area contributed by atoms with E-state index in [9.17, 15) is 9.50 Å². The van der Waals surface area contributed by atoms with Crippen LogP contribution in [0, 0.1) is 12.7 Å². The van der Waals surface area contributed by atoms with Gasteiger partial charge in [0.1, 0.15) is 5.82 Å². The van der Waals surface area contributed by atoms with E-state index in [0.717, 1.165) is 18.4 Å². The van der Waals surface area contributed by atoms with Crippen molar-refractivity contribution in [3.8, 4) is 0 Å². The molecule has 0 saturated carbocycles. The minimum Gasteiger partial charge on any atom is -0.388 e. The summed E-state index contributed by atoms with van der Waals surface area (Å²) in [6, 6.07) is 5.01. The highest BCUT2D eigenvalue weighted by atomic mass is 19.1. The maximum Gasteiger partial charge on any atom is 0.129 e. The van der Waals surface area contributed by atoms with Crippen LogP contribution in [0.3, 0.4) is 0 Å². The van der Waals surface area contributed by atoms with Crippen molar-refractivity contribution in [2.75, 3.05) is 0 Å². The Kier molecular flexibility index (Phi) is 5.47. The molecule has 0 radical (unpaired) electrons. The molecule has 0 bridgehead atoms. The third-order valence-electron chi connectivity index (χ3n) is 2.85. The van der Waals surface area contributed by atoms with E-state index in [1.807, 2.05) is 13.0 Å². The third kappa shape index (κ3) is 3.93. The van der Waals surface area contributed by atoms with E-state index in [0.29, 0.717) is 12.0 Å². The Morgan fingerprint density at radius 1 is 1.25 bits per heavy atom. The molecule has 16 heavy (non-hydrogen) atoms. The van der Waals surface area contributed by atoms with Crippen LogP contribution >= 0.6 is 0 Å². The number of benzene rings is 1. The fourth-order valence-electron chi connectivity index (χ4n) is 1.82. The number of halogens is 1. The summed E-state index contributed by atoms with van der Waals surface area (Å²) in [6.07, 6.45) is 4.43. The largest absolute Gasteiger partial charge is 0.388 e. The summed E-state index contributed by atoms with van der Waals surface area (Å²) in [5.74, 6) is -0.289. The number of hydrogen-bond donors (Lipinski definition) is 1. The van der Waals surface area contributed by atoms with E-state index < -0.39 is 6.10 Å². The number of rotatable bonds is 6. The second-order valence-electron chi connectivity index (χ2n) is 4.39. The van der Waals surface area contributed by atoms with Gasteiger partial charge in [-0.25, -0.2) is 4.39 Å². The van der Waals surface area contributed by atoms with Crippen molar-refractivity contribution < 1.29 is 9.50 Å². The molecule has 2 heteroatoms. The summed E-state index contributed by atoms with van der Waals surface area (Å²) in [4.78, 5) is 0. The van der Waals surface area contributed by atoms with Crippen molar-refractivity contribution in [1.82, 2.24) is 0 Å². The second kappa shape index (κ2) is 6.64. The predicted octanol–water partition coefficient (Wildman–Crippen LogP) is 4.14. The second-order valence-corrected chi connectivity index (χ2v) is 4.39. The average Bonchev–Trinajstić information content (AvgIpc) is 2.24.